The van der Waals surface area contributed by atoms with E-state index in [-0.39, 0.29) is 24.7 Å². The summed E-state index contributed by atoms with van der Waals surface area (Å²) in [7, 11) is 0. The zero-order chi connectivity index (χ0) is 35.7. The first kappa shape index (κ1) is 37.1. The first-order valence-electron chi connectivity index (χ1n) is 17.0. The highest BCUT2D eigenvalue weighted by Crippen LogP contribution is 2.22. The van der Waals surface area contributed by atoms with Crippen LogP contribution in [0.3, 0.4) is 0 Å². The SMILES string of the molecule is C/C=C\C(=C/CC)COc1cccc(CC(=O)Nc2nnc(CCCCc3nnc(NC(=O)Cc4cccc(OCc5ccccc5)c4)s3)s2)c1. The quantitative estimate of drug-likeness (QED) is 0.0645. The number of nitrogens with zero attached hydrogens (tertiary/aromatic N) is 4. The Kier molecular flexibility index (Phi) is 14.4. The number of aryl methyl sites for hydroxylation is 2. The number of benzene rings is 3. The van der Waals surface area contributed by atoms with Gasteiger partial charge in [0.1, 0.15) is 34.7 Å². The number of carbonyl (C=O) groups is 2. The molecule has 0 spiro atoms. The molecule has 0 bridgehead atoms. The van der Waals surface area contributed by atoms with Crippen molar-refractivity contribution in [3.8, 4) is 11.5 Å². The van der Waals surface area contributed by atoms with Crippen LogP contribution in [0.15, 0.2) is 103 Å². The van der Waals surface area contributed by atoms with E-state index < -0.39 is 0 Å². The summed E-state index contributed by atoms with van der Waals surface area (Å²) in [6.07, 6.45) is 10.8. The number of amides is 2. The second-order valence-electron chi connectivity index (χ2n) is 11.7. The number of nitrogens with one attached hydrogen (secondary N) is 2. The van der Waals surface area contributed by atoms with E-state index in [0.717, 1.165) is 75.9 Å². The first-order chi connectivity index (χ1) is 24.9. The lowest BCUT2D eigenvalue weighted by molar-refractivity contribution is -0.116. The molecule has 0 saturated heterocycles. The minimum atomic E-state index is -0.158. The van der Waals surface area contributed by atoms with Crippen LogP contribution in [0.1, 0.15) is 59.8 Å². The summed E-state index contributed by atoms with van der Waals surface area (Å²) in [4.78, 5) is 25.4. The van der Waals surface area contributed by atoms with Crippen LogP contribution in [0.2, 0.25) is 0 Å². The largest absolute Gasteiger partial charge is 0.489 e. The van der Waals surface area contributed by atoms with Gasteiger partial charge in [0.25, 0.3) is 0 Å². The van der Waals surface area contributed by atoms with E-state index in [1.807, 2.05) is 97.9 Å². The van der Waals surface area contributed by atoms with E-state index in [1.165, 1.54) is 22.7 Å². The van der Waals surface area contributed by atoms with Gasteiger partial charge in [0.2, 0.25) is 22.1 Å². The van der Waals surface area contributed by atoms with Gasteiger partial charge in [0.15, 0.2) is 0 Å². The van der Waals surface area contributed by atoms with Crippen molar-refractivity contribution in [2.75, 3.05) is 17.2 Å². The molecule has 51 heavy (non-hydrogen) atoms. The van der Waals surface area contributed by atoms with Crippen molar-refractivity contribution in [1.29, 1.82) is 0 Å². The number of hydrogen-bond acceptors (Lipinski definition) is 10. The molecule has 10 nitrogen and oxygen atoms in total. The van der Waals surface area contributed by atoms with Gasteiger partial charge in [-0.2, -0.15) is 0 Å². The van der Waals surface area contributed by atoms with Gasteiger partial charge in [0.05, 0.1) is 12.8 Å². The van der Waals surface area contributed by atoms with Gasteiger partial charge < -0.3 is 20.1 Å². The Hall–Kier alpha value is -5.20. The lowest BCUT2D eigenvalue weighted by Crippen LogP contribution is -2.14. The summed E-state index contributed by atoms with van der Waals surface area (Å²) >= 11 is 2.77. The third-order valence-electron chi connectivity index (χ3n) is 7.48. The molecule has 2 N–H and O–H groups in total. The van der Waals surface area contributed by atoms with Gasteiger partial charge in [-0.3, -0.25) is 9.59 Å². The number of ether oxygens (including phenoxy) is 2. The van der Waals surface area contributed by atoms with Crippen LogP contribution in [0.4, 0.5) is 10.3 Å². The fourth-order valence-electron chi connectivity index (χ4n) is 5.11. The highest BCUT2D eigenvalue weighted by molar-refractivity contribution is 7.15. The third-order valence-corrected chi connectivity index (χ3v) is 9.28. The summed E-state index contributed by atoms with van der Waals surface area (Å²) in [5.41, 5.74) is 3.91. The molecule has 0 radical (unpaired) electrons. The van der Waals surface area contributed by atoms with Crippen LogP contribution in [-0.2, 0) is 41.9 Å². The molecule has 2 aromatic heterocycles. The van der Waals surface area contributed by atoms with Gasteiger partial charge >= 0.3 is 0 Å². The molecule has 0 fully saturated rings. The molecule has 0 unspecified atom stereocenters. The average molecular weight is 723 g/mol. The van der Waals surface area contributed by atoms with Crippen LogP contribution in [-0.4, -0.2) is 38.8 Å². The highest BCUT2D eigenvalue weighted by atomic mass is 32.1. The molecule has 264 valence electrons. The number of carbonyl (C=O) groups excluding carboxylic acids is 2. The second-order valence-corrected chi connectivity index (χ2v) is 13.8. The Morgan fingerprint density at radius 1 is 0.706 bits per heavy atom. The van der Waals surface area contributed by atoms with E-state index in [9.17, 15) is 9.59 Å². The zero-order valence-corrected chi connectivity index (χ0v) is 30.5. The Morgan fingerprint density at radius 2 is 1.25 bits per heavy atom. The van der Waals surface area contributed by atoms with Crippen LogP contribution in [0.25, 0.3) is 0 Å². The van der Waals surface area contributed by atoms with Crippen LogP contribution < -0.4 is 20.1 Å². The normalized spacial score (nSPS) is 11.5. The number of hydrogen-bond donors (Lipinski definition) is 2. The van der Waals surface area contributed by atoms with Crippen LogP contribution in [0.5, 0.6) is 11.5 Å². The molecular formula is C39H42N6O4S2. The maximum atomic E-state index is 12.7. The average Bonchev–Trinajstić information content (AvgIpc) is 3.78. The minimum Gasteiger partial charge on any atom is -0.489 e. The number of anilines is 2. The molecule has 5 rings (SSSR count). The summed E-state index contributed by atoms with van der Waals surface area (Å²) in [5.74, 6) is 1.13. The van der Waals surface area contributed by atoms with Crippen molar-refractivity contribution in [3.63, 3.8) is 0 Å². The summed E-state index contributed by atoms with van der Waals surface area (Å²) in [6.45, 7) is 5.02. The van der Waals surface area contributed by atoms with Gasteiger partial charge in [0, 0.05) is 12.8 Å². The zero-order valence-electron chi connectivity index (χ0n) is 28.8. The lowest BCUT2D eigenvalue weighted by atomic mass is 10.1. The maximum Gasteiger partial charge on any atom is 0.230 e. The van der Waals surface area contributed by atoms with E-state index in [1.54, 1.807) is 0 Å². The third kappa shape index (κ3) is 12.9. The Balaban J connectivity index is 0.989. The molecule has 2 heterocycles. The molecule has 0 aliphatic rings. The fraction of sp³-hybridized carbons (Fsp3) is 0.282. The van der Waals surface area contributed by atoms with Crippen molar-refractivity contribution in [2.45, 2.75) is 65.4 Å². The molecule has 0 saturated carbocycles. The summed E-state index contributed by atoms with van der Waals surface area (Å²) < 4.78 is 11.8. The lowest BCUT2D eigenvalue weighted by Gasteiger charge is -2.09. The Bertz CT molecular complexity index is 1920. The molecule has 2 amide bonds. The Labute approximate surface area is 306 Å². The first-order valence-corrected chi connectivity index (χ1v) is 18.6. The predicted molar refractivity (Wildman–Crippen MR) is 203 cm³/mol. The van der Waals surface area contributed by atoms with Gasteiger partial charge in [-0.15, -0.1) is 20.4 Å². The number of allylic oxidation sites excluding steroid dienone is 2. The van der Waals surface area contributed by atoms with Crippen molar-refractivity contribution >= 4 is 44.8 Å². The van der Waals surface area contributed by atoms with E-state index in [0.29, 0.717) is 23.5 Å². The standard InChI is InChI=1S/C39H42N6O4S2/c1-3-12-28(13-4-2)26-48-32-18-10-16-30(22-32)24-34(46)40-38-44-42-36(50-38)20-8-9-21-37-43-45-39(51-37)41-35(47)25-31-17-11-19-33(23-31)49-27-29-14-6-5-7-15-29/h3,5-7,10-19,22-23H,4,8-9,20-21,24-27H2,1-2H3,(H,40,44,46)(H,41,45,47)/b12-3-,28-13+. The Morgan fingerprint density at radius 3 is 1.80 bits per heavy atom. The second kappa shape index (κ2) is 19.9. The van der Waals surface area contributed by atoms with Crippen molar-refractivity contribution in [1.82, 2.24) is 20.4 Å². The molecule has 12 heteroatoms. The summed E-state index contributed by atoms with van der Waals surface area (Å²) in [5, 5.41) is 25.2. The van der Waals surface area contributed by atoms with Gasteiger partial charge in [-0.1, -0.05) is 102 Å². The molecule has 0 atom stereocenters. The van der Waals surface area contributed by atoms with Gasteiger partial charge in [-0.25, -0.2) is 0 Å². The van der Waals surface area contributed by atoms with Crippen LogP contribution >= 0.6 is 22.7 Å². The topological polar surface area (TPSA) is 128 Å². The van der Waals surface area contributed by atoms with E-state index >= 15 is 0 Å². The van der Waals surface area contributed by atoms with E-state index in [2.05, 4.69) is 44.0 Å². The molecule has 0 aliphatic heterocycles. The maximum absolute atomic E-state index is 12.7. The smallest absolute Gasteiger partial charge is 0.230 e. The highest BCUT2D eigenvalue weighted by Gasteiger charge is 2.12. The molecule has 3 aromatic carbocycles. The monoisotopic (exact) mass is 722 g/mol. The van der Waals surface area contributed by atoms with Crippen LogP contribution in [0, 0.1) is 0 Å². The fourth-order valence-corrected chi connectivity index (χ4v) is 6.71. The molecule has 0 aliphatic carbocycles. The van der Waals surface area contributed by atoms with Crippen molar-refractivity contribution < 1.29 is 19.1 Å². The van der Waals surface area contributed by atoms with E-state index in [4.69, 9.17) is 9.47 Å². The minimum absolute atomic E-state index is 0.157. The number of unbranched alkanes of at least 4 members (excludes halogenated alkanes) is 1. The predicted octanol–water partition coefficient (Wildman–Crippen LogP) is 8.19. The molecular weight excluding hydrogens is 681 g/mol. The van der Waals surface area contributed by atoms with Gasteiger partial charge in [-0.05, 0) is 72.7 Å². The summed E-state index contributed by atoms with van der Waals surface area (Å²) in [6, 6.07) is 25.1. The molecule has 5 aromatic rings. The number of rotatable bonds is 19. The number of aromatic nitrogens is 4. The van der Waals surface area contributed by atoms with Crippen molar-refractivity contribution in [3.05, 3.63) is 129 Å². The van der Waals surface area contributed by atoms with Crippen molar-refractivity contribution in [2.24, 2.45) is 0 Å².